The van der Waals surface area contributed by atoms with E-state index in [1.54, 1.807) is 24.3 Å². The van der Waals surface area contributed by atoms with E-state index in [0.29, 0.717) is 17.2 Å². The van der Waals surface area contributed by atoms with Gasteiger partial charge in [0.05, 0.1) is 23.3 Å². The maximum absolute atomic E-state index is 12.7. The van der Waals surface area contributed by atoms with Gasteiger partial charge in [-0.3, -0.25) is 4.31 Å². The van der Waals surface area contributed by atoms with Crippen LogP contribution in [0.25, 0.3) is 0 Å². The normalized spacial score (nSPS) is 11.4. The summed E-state index contributed by atoms with van der Waals surface area (Å²) in [5.74, 6) is -0.123. The average molecular weight is 347 g/mol. The van der Waals surface area contributed by atoms with Gasteiger partial charge in [0.2, 0.25) is 0 Å². The zero-order chi connectivity index (χ0) is 17.9. The first kappa shape index (κ1) is 18.0. The first-order chi connectivity index (χ1) is 11.3. The molecule has 0 spiro atoms. The molecule has 0 aromatic heterocycles. The van der Waals surface area contributed by atoms with E-state index in [1.807, 2.05) is 12.1 Å². The van der Waals surface area contributed by atoms with Crippen LogP contribution in [0.2, 0.25) is 0 Å². The Morgan fingerprint density at radius 1 is 1.00 bits per heavy atom. The molecule has 0 aliphatic rings. The number of rotatable bonds is 5. The molecule has 0 radical (unpaired) electrons. The number of hydrogen-bond donors (Lipinski definition) is 0. The summed E-state index contributed by atoms with van der Waals surface area (Å²) in [5, 5.41) is 0. The average Bonchev–Trinajstić information content (AvgIpc) is 2.60. The molecule has 0 aliphatic heterocycles. The van der Waals surface area contributed by atoms with E-state index in [4.69, 9.17) is 0 Å². The van der Waals surface area contributed by atoms with Crippen LogP contribution in [0.15, 0.2) is 53.4 Å². The van der Waals surface area contributed by atoms with Crippen LogP contribution in [0, 0.1) is 0 Å². The molecular weight excluding hydrogens is 326 g/mol. The van der Waals surface area contributed by atoms with Crippen molar-refractivity contribution in [2.75, 3.05) is 18.5 Å². The molecule has 0 amide bonds. The van der Waals surface area contributed by atoms with E-state index in [-0.39, 0.29) is 4.90 Å². The lowest BCUT2D eigenvalue weighted by molar-refractivity contribution is 0.0601. The fourth-order valence-corrected chi connectivity index (χ4v) is 3.44. The molecule has 128 valence electrons. The number of methoxy groups -OCH3 is 1. The highest BCUT2D eigenvalue weighted by Crippen LogP contribution is 2.24. The molecular formula is C18H21NO4S. The number of anilines is 1. The molecule has 0 atom stereocenters. The van der Waals surface area contributed by atoms with Gasteiger partial charge in [0.1, 0.15) is 0 Å². The minimum absolute atomic E-state index is 0.228. The van der Waals surface area contributed by atoms with Gasteiger partial charge in [-0.2, -0.15) is 0 Å². The number of esters is 1. The second-order valence-electron chi connectivity index (χ2n) is 5.73. The summed E-state index contributed by atoms with van der Waals surface area (Å²) in [7, 11) is -0.872. The molecule has 0 saturated heterocycles. The molecule has 2 rings (SSSR count). The van der Waals surface area contributed by atoms with Gasteiger partial charge < -0.3 is 4.74 Å². The molecule has 0 bridgehead atoms. The van der Waals surface area contributed by atoms with E-state index >= 15 is 0 Å². The second-order valence-corrected chi connectivity index (χ2v) is 7.70. The van der Waals surface area contributed by atoms with Crippen molar-refractivity contribution in [3.8, 4) is 0 Å². The van der Waals surface area contributed by atoms with Gasteiger partial charge in [-0.05, 0) is 47.9 Å². The Labute approximate surface area is 142 Å². The zero-order valence-electron chi connectivity index (χ0n) is 14.2. The van der Waals surface area contributed by atoms with Crippen LogP contribution in [0.1, 0.15) is 35.7 Å². The number of hydrogen-bond acceptors (Lipinski definition) is 4. The van der Waals surface area contributed by atoms with Crippen LogP contribution < -0.4 is 4.31 Å². The maximum atomic E-state index is 12.7. The first-order valence-corrected chi connectivity index (χ1v) is 8.98. The van der Waals surface area contributed by atoms with Crippen LogP contribution in [0.3, 0.4) is 0 Å². The molecule has 2 aromatic rings. The highest BCUT2D eigenvalue weighted by Gasteiger charge is 2.21. The Morgan fingerprint density at radius 3 is 2.00 bits per heavy atom. The zero-order valence-corrected chi connectivity index (χ0v) is 15.0. The summed E-state index contributed by atoms with van der Waals surface area (Å²) < 4.78 is 31.3. The standard InChI is InChI=1S/C18H21NO4S/c1-13(2)14-7-11-17(12-8-14)24(21,22)19(3)16-9-5-15(6-10-16)18(20)23-4/h5-13H,1-4H3. The lowest BCUT2D eigenvalue weighted by Gasteiger charge is -2.20. The maximum Gasteiger partial charge on any atom is 0.337 e. The Hall–Kier alpha value is -2.34. The summed E-state index contributed by atoms with van der Waals surface area (Å²) in [6, 6.07) is 13.1. The molecule has 0 heterocycles. The summed E-state index contributed by atoms with van der Waals surface area (Å²) in [4.78, 5) is 11.7. The highest BCUT2D eigenvalue weighted by atomic mass is 32.2. The molecule has 6 heteroatoms. The molecule has 24 heavy (non-hydrogen) atoms. The van der Waals surface area contributed by atoms with Gasteiger partial charge in [0, 0.05) is 7.05 Å². The first-order valence-electron chi connectivity index (χ1n) is 7.54. The Kier molecular flexibility index (Phi) is 5.29. The fraction of sp³-hybridized carbons (Fsp3) is 0.278. The lowest BCUT2D eigenvalue weighted by Crippen LogP contribution is -2.26. The van der Waals surface area contributed by atoms with E-state index in [1.165, 1.54) is 30.6 Å². The monoisotopic (exact) mass is 347 g/mol. The topological polar surface area (TPSA) is 63.7 Å². The minimum atomic E-state index is -3.66. The molecule has 0 aliphatic carbocycles. The van der Waals surface area contributed by atoms with Crippen molar-refractivity contribution in [3.05, 3.63) is 59.7 Å². The van der Waals surface area contributed by atoms with Gasteiger partial charge in [0.15, 0.2) is 0 Å². The molecule has 0 fully saturated rings. The lowest BCUT2D eigenvalue weighted by atomic mass is 10.0. The van der Waals surface area contributed by atoms with Crippen LogP contribution in [-0.4, -0.2) is 28.5 Å². The third-order valence-electron chi connectivity index (χ3n) is 3.86. The highest BCUT2D eigenvalue weighted by molar-refractivity contribution is 7.92. The van der Waals surface area contributed by atoms with E-state index in [0.717, 1.165) is 5.56 Å². The quantitative estimate of drug-likeness (QED) is 0.778. The van der Waals surface area contributed by atoms with Gasteiger partial charge in [0.25, 0.3) is 10.0 Å². The van der Waals surface area contributed by atoms with Crippen LogP contribution >= 0.6 is 0 Å². The third-order valence-corrected chi connectivity index (χ3v) is 5.66. The number of carbonyl (C=O) groups excluding carboxylic acids is 1. The second kappa shape index (κ2) is 7.05. The molecule has 0 saturated carbocycles. The Balaban J connectivity index is 2.29. The van der Waals surface area contributed by atoms with Crippen LogP contribution in [0.5, 0.6) is 0 Å². The van der Waals surface area contributed by atoms with Crippen molar-refractivity contribution in [1.29, 1.82) is 0 Å². The summed E-state index contributed by atoms with van der Waals surface area (Å²) >= 11 is 0. The largest absolute Gasteiger partial charge is 0.465 e. The predicted octanol–water partition coefficient (Wildman–Crippen LogP) is 3.42. The molecule has 5 nitrogen and oxygen atoms in total. The minimum Gasteiger partial charge on any atom is -0.465 e. The Morgan fingerprint density at radius 2 is 1.54 bits per heavy atom. The number of ether oxygens (including phenoxy) is 1. The van der Waals surface area contributed by atoms with E-state index in [9.17, 15) is 13.2 Å². The van der Waals surface area contributed by atoms with E-state index < -0.39 is 16.0 Å². The van der Waals surface area contributed by atoms with Gasteiger partial charge in [-0.25, -0.2) is 13.2 Å². The number of benzene rings is 2. The van der Waals surface area contributed by atoms with Crippen molar-refractivity contribution in [2.24, 2.45) is 0 Å². The van der Waals surface area contributed by atoms with Crippen molar-refractivity contribution >= 4 is 21.7 Å². The summed E-state index contributed by atoms with van der Waals surface area (Å²) in [5.41, 5.74) is 1.92. The predicted molar refractivity (Wildman–Crippen MR) is 93.9 cm³/mol. The van der Waals surface area contributed by atoms with Crippen molar-refractivity contribution in [1.82, 2.24) is 0 Å². The Bertz CT molecular complexity index is 809. The summed E-state index contributed by atoms with van der Waals surface area (Å²) in [6.45, 7) is 4.11. The molecule has 0 N–H and O–H groups in total. The van der Waals surface area contributed by atoms with Crippen LogP contribution in [-0.2, 0) is 14.8 Å². The van der Waals surface area contributed by atoms with Crippen molar-refractivity contribution in [2.45, 2.75) is 24.7 Å². The number of nitrogens with zero attached hydrogens (tertiary/aromatic N) is 1. The van der Waals surface area contributed by atoms with Gasteiger partial charge in [-0.1, -0.05) is 26.0 Å². The SMILES string of the molecule is COC(=O)c1ccc(N(C)S(=O)(=O)c2ccc(C(C)C)cc2)cc1. The molecule has 2 aromatic carbocycles. The summed E-state index contributed by atoms with van der Waals surface area (Å²) in [6.07, 6.45) is 0. The number of sulfonamides is 1. The van der Waals surface area contributed by atoms with Crippen molar-refractivity contribution in [3.63, 3.8) is 0 Å². The molecule has 0 unspecified atom stereocenters. The third kappa shape index (κ3) is 3.59. The number of carbonyl (C=O) groups is 1. The smallest absolute Gasteiger partial charge is 0.337 e. The van der Waals surface area contributed by atoms with Crippen LogP contribution in [0.4, 0.5) is 5.69 Å². The van der Waals surface area contributed by atoms with Gasteiger partial charge >= 0.3 is 5.97 Å². The van der Waals surface area contributed by atoms with E-state index in [2.05, 4.69) is 18.6 Å². The fourth-order valence-electron chi connectivity index (χ4n) is 2.25. The van der Waals surface area contributed by atoms with Crippen molar-refractivity contribution < 1.29 is 17.9 Å². The van der Waals surface area contributed by atoms with Gasteiger partial charge in [-0.15, -0.1) is 0 Å².